The van der Waals surface area contributed by atoms with Crippen LogP contribution in [0.15, 0.2) is 108 Å². The van der Waals surface area contributed by atoms with Gasteiger partial charge in [-0.2, -0.15) is 9.98 Å². The van der Waals surface area contributed by atoms with Crippen LogP contribution in [-0.4, -0.2) is 26.8 Å². The van der Waals surface area contributed by atoms with Crippen LogP contribution in [0.1, 0.15) is 23.1 Å². The first-order valence-electron chi connectivity index (χ1n) is 11.9. The third-order valence-electron chi connectivity index (χ3n) is 4.99. The van der Waals surface area contributed by atoms with E-state index in [9.17, 15) is 9.59 Å². The lowest BCUT2D eigenvalue weighted by Gasteiger charge is -1.99. The van der Waals surface area contributed by atoms with E-state index in [2.05, 4.69) is 29.7 Å². The van der Waals surface area contributed by atoms with Gasteiger partial charge in [0.1, 0.15) is 5.75 Å². The Kier molecular flexibility index (Phi) is 16.0. The molecule has 0 heterocycles. The summed E-state index contributed by atoms with van der Waals surface area (Å²) in [5.74, 6) is 0.313. The first-order valence-corrected chi connectivity index (χ1v) is 14.3. The highest BCUT2D eigenvalue weighted by atomic mass is 28.2. The van der Waals surface area contributed by atoms with E-state index in [1.54, 1.807) is 24.3 Å². The third-order valence-corrected chi connectivity index (χ3v) is 6.19. The molecule has 0 saturated heterocycles. The van der Waals surface area contributed by atoms with Crippen LogP contribution >= 0.6 is 0 Å². The highest BCUT2D eigenvalue weighted by molar-refractivity contribution is 6.33. The largest absolute Gasteiger partial charge is 0.508 e. The van der Waals surface area contributed by atoms with Gasteiger partial charge in [0.2, 0.25) is 12.2 Å². The van der Waals surface area contributed by atoms with E-state index in [0.29, 0.717) is 17.1 Å². The molecule has 0 bridgehead atoms. The van der Waals surface area contributed by atoms with Crippen LogP contribution in [0.3, 0.4) is 0 Å². The lowest BCUT2D eigenvalue weighted by Crippen LogP contribution is -1.87. The predicted molar refractivity (Wildman–Crippen MR) is 152 cm³/mol. The number of hydrogen-bond donors (Lipinski definition) is 1. The minimum Gasteiger partial charge on any atom is -0.508 e. The minimum atomic E-state index is 0.212. The van der Waals surface area contributed by atoms with Gasteiger partial charge in [-0.1, -0.05) is 67.6 Å². The highest BCUT2D eigenvalue weighted by Gasteiger charge is 1.94. The Bertz CT molecular complexity index is 1130. The van der Waals surface area contributed by atoms with Crippen molar-refractivity contribution in [2.75, 3.05) is 0 Å². The van der Waals surface area contributed by atoms with Crippen molar-refractivity contribution in [1.29, 1.82) is 0 Å². The van der Waals surface area contributed by atoms with Gasteiger partial charge in [0, 0.05) is 9.52 Å². The number of nitrogens with zero attached hydrogens (tertiary/aromatic N) is 2. The monoisotopic (exact) mass is 498 g/mol. The Hall–Kier alpha value is -4.08. The second kappa shape index (κ2) is 19.2. The summed E-state index contributed by atoms with van der Waals surface area (Å²) in [6.45, 7) is 9.58. The number of benzene rings is 3. The summed E-state index contributed by atoms with van der Waals surface area (Å²) in [6, 6.07) is 23.7. The number of carbonyl (C=O) groups excluding carboxylic acids is 2. The number of phenols is 1. The second-order valence-corrected chi connectivity index (χ2v) is 9.56. The van der Waals surface area contributed by atoms with Crippen molar-refractivity contribution in [2.45, 2.75) is 38.3 Å². The van der Waals surface area contributed by atoms with E-state index in [-0.39, 0.29) is 9.52 Å². The SMILES string of the molecule is C=CCc1ccc(N=C=O)cc1.C=CCc1ccc(O)cc1.C[SiH2]CCCc1ccc(N=C=O)cc1. The van der Waals surface area contributed by atoms with Crippen molar-refractivity contribution in [1.82, 2.24) is 0 Å². The quantitative estimate of drug-likeness (QED) is 0.111. The standard InChI is InChI=1S/C11H15NOSi.C10H9NO.C9H10O/c1-14-8-2-3-10-4-6-11(7-5-10)12-9-13;1-2-3-9-4-6-10(7-5-9)11-8-12;1-2-3-8-4-6-9(10)7-5-8/h4-7H,2-3,8,14H2,1H3;2,4-7H,1,3H2;2,4-7,10H,1,3H2. The van der Waals surface area contributed by atoms with E-state index in [4.69, 9.17) is 5.11 Å². The zero-order chi connectivity index (χ0) is 26.4. The molecular formula is C30H34N2O3Si. The van der Waals surface area contributed by atoms with Gasteiger partial charge in [-0.15, -0.1) is 13.2 Å². The Balaban J connectivity index is 0.000000274. The van der Waals surface area contributed by atoms with Gasteiger partial charge in [-0.3, -0.25) is 0 Å². The fraction of sp³-hybridized carbons (Fsp3) is 0.200. The maximum absolute atomic E-state index is 9.98. The van der Waals surface area contributed by atoms with E-state index in [1.807, 2.05) is 60.7 Å². The normalized spacial score (nSPS) is 9.47. The molecule has 0 atom stereocenters. The molecule has 36 heavy (non-hydrogen) atoms. The van der Waals surface area contributed by atoms with Crippen LogP contribution < -0.4 is 0 Å². The fourth-order valence-electron chi connectivity index (χ4n) is 3.09. The number of aliphatic imine (C=N–C) groups is 2. The van der Waals surface area contributed by atoms with E-state index < -0.39 is 0 Å². The summed E-state index contributed by atoms with van der Waals surface area (Å²) >= 11 is 0. The van der Waals surface area contributed by atoms with Crippen LogP contribution in [0.5, 0.6) is 5.75 Å². The van der Waals surface area contributed by atoms with Crippen molar-refractivity contribution in [3.05, 3.63) is 115 Å². The van der Waals surface area contributed by atoms with Gasteiger partial charge in [0.05, 0.1) is 11.4 Å². The number of aromatic hydroxyl groups is 1. The molecule has 0 spiro atoms. The third kappa shape index (κ3) is 13.6. The van der Waals surface area contributed by atoms with Gasteiger partial charge in [0.15, 0.2) is 0 Å². The van der Waals surface area contributed by atoms with E-state index >= 15 is 0 Å². The van der Waals surface area contributed by atoms with Gasteiger partial charge >= 0.3 is 0 Å². The Morgan fingerprint density at radius 3 is 1.56 bits per heavy atom. The molecule has 6 heteroatoms. The van der Waals surface area contributed by atoms with Crippen molar-refractivity contribution in [3.8, 4) is 5.75 Å². The molecule has 1 N–H and O–H groups in total. The summed E-state index contributed by atoms with van der Waals surface area (Å²) in [5, 5.41) is 8.90. The van der Waals surface area contributed by atoms with Crippen molar-refractivity contribution in [2.24, 2.45) is 9.98 Å². The summed E-state index contributed by atoms with van der Waals surface area (Å²) in [5.41, 5.74) is 4.99. The maximum Gasteiger partial charge on any atom is 0.240 e. The summed E-state index contributed by atoms with van der Waals surface area (Å²) in [7, 11) is 0.212. The van der Waals surface area contributed by atoms with Crippen LogP contribution in [0.2, 0.25) is 12.6 Å². The Morgan fingerprint density at radius 2 is 1.17 bits per heavy atom. The van der Waals surface area contributed by atoms with Crippen LogP contribution in [0.4, 0.5) is 11.4 Å². The summed E-state index contributed by atoms with van der Waals surface area (Å²) in [4.78, 5) is 26.9. The van der Waals surface area contributed by atoms with E-state index in [0.717, 1.165) is 24.8 Å². The topological polar surface area (TPSA) is 79.1 Å². The first kappa shape index (κ1) is 29.9. The molecule has 0 amide bonds. The molecule has 3 rings (SSSR count). The molecule has 0 radical (unpaired) electrons. The highest BCUT2D eigenvalue weighted by Crippen LogP contribution is 2.14. The number of hydrogen-bond acceptors (Lipinski definition) is 5. The molecular weight excluding hydrogens is 464 g/mol. The number of allylic oxidation sites excluding steroid dienone is 2. The molecule has 3 aromatic carbocycles. The summed E-state index contributed by atoms with van der Waals surface area (Å²) < 4.78 is 0. The van der Waals surface area contributed by atoms with Gasteiger partial charge in [-0.05, 0) is 72.4 Å². The van der Waals surface area contributed by atoms with Gasteiger partial charge in [-0.25, -0.2) is 9.59 Å². The van der Waals surface area contributed by atoms with Crippen molar-refractivity contribution < 1.29 is 14.7 Å². The van der Waals surface area contributed by atoms with Crippen molar-refractivity contribution >= 4 is 33.1 Å². The lowest BCUT2D eigenvalue weighted by atomic mass is 10.1. The number of rotatable bonds is 10. The Morgan fingerprint density at radius 1 is 0.750 bits per heavy atom. The molecule has 0 saturated carbocycles. The summed E-state index contributed by atoms with van der Waals surface area (Å²) in [6.07, 6.45) is 10.8. The van der Waals surface area contributed by atoms with Crippen LogP contribution in [0.25, 0.3) is 0 Å². The molecule has 0 unspecified atom stereocenters. The smallest absolute Gasteiger partial charge is 0.240 e. The number of aryl methyl sites for hydroxylation is 1. The average Bonchev–Trinajstić information content (AvgIpc) is 2.89. The van der Waals surface area contributed by atoms with E-state index in [1.165, 1.54) is 35.8 Å². The maximum atomic E-state index is 9.98. The number of phenolic OH excluding ortho intramolecular Hbond substituents is 1. The molecule has 0 aliphatic rings. The van der Waals surface area contributed by atoms with Crippen molar-refractivity contribution in [3.63, 3.8) is 0 Å². The zero-order valence-electron chi connectivity index (χ0n) is 20.9. The second-order valence-electron chi connectivity index (χ2n) is 7.85. The lowest BCUT2D eigenvalue weighted by molar-refractivity contribution is 0.475. The van der Waals surface area contributed by atoms with Crippen LogP contribution in [0, 0.1) is 0 Å². The Labute approximate surface area is 216 Å². The van der Waals surface area contributed by atoms with Gasteiger partial charge in [0.25, 0.3) is 0 Å². The molecule has 3 aromatic rings. The minimum absolute atomic E-state index is 0.212. The zero-order valence-corrected chi connectivity index (χ0v) is 22.3. The molecule has 186 valence electrons. The number of isocyanates is 2. The molecule has 5 nitrogen and oxygen atoms in total. The average molecular weight is 499 g/mol. The molecule has 0 aromatic heterocycles. The predicted octanol–water partition coefficient (Wildman–Crippen LogP) is 6.72. The molecule has 0 aliphatic heterocycles. The first-order chi connectivity index (χ1) is 17.6. The molecule has 0 aliphatic carbocycles. The van der Waals surface area contributed by atoms with Crippen LogP contribution in [-0.2, 0) is 28.9 Å². The fourth-order valence-corrected chi connectivity index (χ4v) is 3.84. The van der Waals surface area contributed by atoms with Gasteiger partial charge < -0.3 is 5.11 Å². The molecule has 0 fully saturated rings.